The number of ether oxygens (including phenoxy) is 1. The molecule has 210 valence electrons. The van der Waals surface area contributed by atoms with E-state index in [2.05, 4.69) is 40.6 Å². The van der Waals surface area contributed by atoms with Gasteiger partial charge in [0.1, 0.15) is 6.61 Å². The van der Waals surface area contributed by atoms with Crippen molar-refractivity contribution in [1.29, 1.82) is 0 Å². The molecular weight excluding hydrogens is 530 g/mol. The SMILES string of the molecule is Cc1nn(C)bc1SNC(=O)c1ccc(-n2ccc(OCC(C)(C)C(F)(F)F)n2)nc1N1CC(C)CC1(C)C. The number of hydrogen-bond donors (Lipinski definition) is 1. The average molecular weight is 563 g/mol. The fourth-order valence-corrected chi connectivity index (χ4v) is 5.30. The molecule has 1 saturated heterocycles. The Morgan fingerprint density at radius 2 is 1.97 bits per heavy atom. The predicted octanol–water partition coefficient (Wildman–Crippen LogP) is 4.68. The summed E-state index contributed by atoms with van der Waals surface area (Å²) in [6.45, 7) is 10.6. The number of carbonyl (C=O) groups excluding carboxylic acids is 1. The molecule has 0 saturated carbocycles. The molecule has 0 spiro atoms. The molecule has 4 heterocycles. The van der Waals surface area contributed by atoms with Gasteiger partial charge >= 0.3 is 192 Å². The molecule has 1 amide bonds. The number of aryl methyl sites for hydroxylation is 2. The third kappa shape index (κ3) is 6.25. The van der Waals surface area contributed by atoms with Gasteiger partial charge in [-0.05, 0) is 13.8 Å². The van der Waals surface area contributed by atoms with Crippen LogP contribution in [0.2, 0.25) is 0 Å². The van der Waals surface area contributed by atoms with Crippen LogP contribution in [-0.2, 0) is 7.05 Å². The van der Waals surface area contributed by atoms with Gasteiger partial charge < -0.3 is 0 Å². The molecule has 0 bridgehead atoms. The van der Waals surface area contributed by atoms with Crippen molar-refractivity contribution >= 4 is 30.7 Å². The van der Waals surface area contributed by atoms with E-state index in [1.165, 1.54) is 22.7 Å². The minimum absolute atomic E-state index is 0.0517. The molecule has 1 atom stereocenters. The molecule has 39 heavy (non-hydrogen) atoms. The topological polar surface area (TPSA) is 90.1 Å². The molecule has 1 fully saturated rings. The molecule has 0 aliphatic carbocycles. The zero-order chi connectivity index (χ0) is 28.8. The van der Waals surface area contributed by atoms with Crippen LogP contribution in [0.3, 0.4) is 0 Å². The maximum atomic E-state index is 13.4. The van der Waals surface area contributed by atoms with Crippen LogP contribution in [0.15, 0.2) is 29.2 Å². The fourth-order valence-electron chi connectivity index (χ4n) is 4.59. The van der Waals surface area contributed by atoms with Gasteiger partial charge in [0.2, 0.25) is 0 Å². The summed E-state index contributed by atoms with van der Waals surface area (Å²) in [5.41, 5.74) is -1.05. The Hall–Kier alpha value is -3.03. The number of anilines is 1. The molecule has 1 aliphatic heterocycles. The molecule has 1 unspecified atom stereocenters. The molecule has 0 radical (unpaired) electrons. The third-order valence-corrected chi connectivity index (χ3v) is 7.71. The van der Waals surface area contributed by atoms with E-state index in [4.69, 9.17) is 9.72 Å². The van der Waals surface area contributed by atoms with Crippen molar-refractivity contribution in [2.45, 2.75) is 64.5 Å². The van der Waals surface area contributed by atoms with Crippen molar-refractivity contribution < 1.29 is 22.7 Å². The number of nitrogens with zero attached hydrogens (tertiary/aromatic N) is 6. The van der Waals surface area contributed by atoms with Crippen molar-refractivity contribution in [2.75, 3.05) is 18.1 Å². The van der Waals surface area contributed by atoms with Gasteiger partial charge in [-0.25, -0.2) is 0 Å². The molecular formula is C25H33BF3N7O2S. The normalized spacial score (nSPS) is 17.4. The zero-order valence-electron chi connectivity index (χ0n) is 23.1. The predicted molar refractivity (Wildman–Crippen MR) is 145 cm³/mol. The molecule has 14 heteroatoms. The van der Waals surface area contributed by atoms with Gasteiger partial charge in [0, 0.05) is 0 Å². The second-order valence-corrected chi connectivity index (χ2v) is 12.2. The van der Waals surface area contributed by atoms with Gasteiger partial charge in [-0.2, -0.15) is 13.2 Å². The number of alkyl halides is 3. The Labute approximate surface area is 230 Å². The van der Waals surface area contributed by atoms with Gasteiger partial charge in [0.25, 0.3) is 0 Å². The quantitative estimate of drug-likeness (QED) is 0.399. The standard InChI is InChI=1S/C25H33BF3N7O2S/c1-15-12-24(5,6)35(13-15)21-17(22(37)33-39-20-16(2)31-34(7)26-20)8-9-18(30-21)36-11-10-19(32-36)38-14-23(3,4)25(27,28)29/h8-11,15H,12-14H2,1-7H3,(H,33,37). The van der Waals surface area contributed by atoms with Gasteiger partial charge in [-0.1, -0.05) is 0 Å². The Kier molecular flexibility index (Phi) is 7.81. The Morgan fingerprint density at radius 3 is 2.56 bits per heavy atom. The van der Waals surface area contributed by atoms with Crippen molar-refractivity contribution in [3.05, 3.63) is 35.7 Å². The first-order valence-electron chi connectivity index (χ1n) is 12.6. The maximum absolute atomic E-state index is 13.4. The summed E-state index contributed by atoms with van der Waals surface area (Å²) < 4.78 is 51.0. The van der Waals surface area contributed by atoms with Crippen LogP contribution < -0.4 is 14.4 Å². The summed E-state index contributed by atoms with van der Waals surface area (Å²) in [6, 6.07) is 4.84. The number of halogens is 3. The van der Waals surface area contributed by atoms with E-state index in [-0.39, 0.29) is 17.3 Å². The van der Waals surface area contributed by atoms with Gasteiger partial charge in [-0.15, -0.1) is 0 Å². The first-order valence-corrected chi connectivity index (χ1v) is 13.4. The van der Waals surface area contributed by atoms with E-state index in [9.17, 15) is 18.0 Å². The molecule has 3 aromatic heterocycles. The Bertz CT molecular complexity index is 1360. The average Bonchev–Trinajstić information content (AvgIpc) is 3.51. The molecule has 4 rings (SSSR count). The van der Waals surface area contributed by atoms with Crippen LogP contribution in [-0.4, -0.2) is 62.3 Å². The van der Waals surface area contributed by atoms with Crippen LogP contribution >= 0.6 is 11.9 Å². The Balaban J connectivity index is 1.61. The van der Waals surface area contributed by atoms with Crippen LogP contribution in [0, 0.1) is 18.3 Å². The second-order valence-electron chi connectivity index (χ2n) is 11.3. The van der Waals surface area contributed by atoms with Crippen LogP contribution in [0.25, 0.3) is 5.82 Å². The number of hydrogen-bond acceptors (Lipinski definition) is 7. The molecule has 1 aliphatic rings. The number of pyridine rings is 1. The first kappa shape index (κ1) is 29.0. The third-order valence-electron chi connectivity index (χ3n) is 6.80. The summed E-state index contributed by atoms with van der Waals surface area (Å²) >= 11 is 1.19. The summed E-state index contributed by atoms with van der Waals surface area (Å²) in [4.78, 5) is 21.1. The summed E-state index contributed by atoms with van der Waals surface area (Å²) in [5, 5.41) is 8.58. The van der Waals surface area contributed by atoms with E-state index >= 15 is 0 Å². The van der Waals surface area contributed by atoms with E-state index in [0.29, 0.717) is 23.1 Å². The summed E-state index contributed by atoms with van der Waals surface area (Å²) in [5.74, 6) is 1.08. The number of rotatable bonds is 8. The molecule has 0 aromatic carbocycles. The van der Waals surface area contributed by atoms with Gasteiger partial charge in [-0.3, -0.25) is 0 Å². The number of aromatic nitrogens is 5. The molecule has 3 aromatic rings. The Morgan fingerprint density at radius 1 is 1.26 bits per heavy atom. The second kappa shape index (κ2) is 10.5. The van der Waals surface area contributed by atoms with Gasteiger partial charge in [0.15, 0.2) is 0 Å². The zero-order valence-corrected chi connectivity index (χ0v) is 23.9. The number of amides is 1. The van der Waals surface area contributed by atoms with E-state index in [0.717, 1.165) is 37.3 Å². The summed E-state index contributed by atoms with van der Waals surface area (Å²) in [6.07, 6.45) is -1.91. The van der Waals surface area contributed by atoms with Crippen LogP contribution in [0.4, 0.5) is 19.0 Å². The fraction of sp³-hybridized carbons (Fsp3) is 0.560. The van der Waals surface area contributed by atoms with Crippen molar-refractivity contribution in [1.82, 2.24) is 29.2 Å². The van der Waals surface area contributed by atoms with E-state index in [1.807, 2.05) is 21.0 Å². The number of carbonyl (C=O) groups is 1. The molecule has 9 nitrogen and oxygen atoms in total. The monoisotopic (exact) mass is 563 g/mol. The van der Waals surface area contributed by atoms with E-state index < -0.39 is 18.2 Å². The first-order chi connectivity index (χ1) is 18.1. The number of nitrogens with one attached hydrogen (secondary N) is 1. The van der Waals surface area contributed by atoms with Gasteiger partial charge in [0.05, 0.1) is 5.41 Å². The van der Waals surface area contributed by atoms with Crippen LogP contribution in [0.1, 0.15) is 57.1 Å². The molecule has 1 N–H and O–H groups in total. The van der Waals surface area contributed by atoms with E-state index in [1.54, 1.807) is 22.9 Å². The summed E-state index contributed by atoms with van der Waals surface area (Å²) in [7, 11) is 3.65. The van der Waals surface area contributed by atoms with Crippen LogP contribution in [0.5, 0.6) is 5.88 Å². The van der Waals surface area contributed by atoms with Crippen molar-refractivity contribution in [3.63, 3.8) is 0 Å². The van der Waals surface area contributed by atoms with Crippen molar-refractivity contribution in [2.24, 2.45) is 18.4 Å². The van der Waals surface area contributed by atoms with Crippen molar-refractivity contribution in [3.8, 4) is 11.7 Å². The minimum atomic E-state index is -4.41.